The fourth-order valence-corrected chi connectivity index (χ4v) is 1.03. The van der Waals surface area contributed by atoms with Gasteiger partial charge in [0, 0.05) is 11.6 Å². The van der Waals surface area contributed by atoms with Gasteiger partial charge in [-0.05, 0) is 19.3 Å². The highest BCUT2D eigenvalue weighted by Gasteiger charge is 2.13. The Hall–Kier alpha value is -0.790. The van der Waals surface area contributed by atoms with Crippen molar-refractivity contribution in [3.8, 4) is 0 Å². The van der Waals surface area contributed by atoms with Gasteiger partial charge < -0.3 is 5.32 Å². The van der Waals surface area contributed by atoms with Gasteiger partial charge in [-0.25, -0.2) is 0 Å². The molecule has 0 heterocycles. The van der Waals surface area contributed by atoms with Gasteiger partial charge in [0.1, 0.15) is 0 Å². The lowest BCUT2D eigenvalue weighted by Gasteiger charge is -2.20. The van der Waals surface area contributed by atoms with Crippen molar-refractivity contribution in [1.82, 2.24) is 5.32 Å². The largest absolute Gasteiger partial charge is 0.349 e. The molecule has 70 valence electrons. The standard InChI is InChI=1S/C10H19NO/c1-6-9(7(2)3)11-10(12)8(4)5/h7,9H,4,6H2,1-3,5H3,(H,11,12). The lowest BCUT2D eigenvalue weighted by atomic mass is 10.0. The summed E-state index contributed by atoms with van der Waals surface area (Å²) in [5.41, 5.74) is 0.578. The van der Waals surface area contributed by atoms with Crippen LogP contribution in [0.3, 0.4) is 0 Å². The zero-order valence-corrected chi connectivity index (χ0v) is 8.48. The first-order chi connectivity index (χ1) is 5.49. The van der Waals surface area contributed by atoms with Crippen molar-refractivity contribution in [2.45, 2.75) is 40.2 Å². The average Bonchev–Trinajstić information content (AvgIpc) is 1.98. The minimum atomic E-state index is -0.0319. The monoisotopic (exact) mass is 169 g/mol. The van der Waals surface area contributed by atoms with Crippen LogP contribution in [0.1, 0.15) is 34.1 Å². The molecule has 0 radical (unpaired) electrons. The summed E-state index contributed by atoms with van der Waals surface area (Å²) in [5, 5.41) is 2.93. The Kier molecular flexibility index (Phi) is 4.64. The van der Waals surface area contributed by atoms with Gasteiger partial charge in [0.25, 0.3) is 0 Å². The van der Waals surface area contributed by atoms with Crippen LogP contribution in [0.15, 0.2) is 12.2 Å². The van der Waals surface area contributed by atoms with Gasteiger partial charge in [-0.15, -0.1) is 0 Å². The Morgan fingerprint density at radius 1 is 1.50 bits per heavy atom. The molecule has 1 N–H and O–H groups in total. The molecular formula is C10H19NO. The van der Waals surface area contributed by atoms with E-state index in [2.05, 4.69) is 32.7 Å². The summed E-state index contributed by atoms with van der Waals surface area (Å²) < 4.78 is 0. The number of rotatable bonds is 4. The van der Waals surface area contributed by atoms with Crippen LogP contribution >= 0.6 is 0 Å². The lowest BCUT2D eigenvalue weighted by Crippen LogP contribution is -2.38. The first-order valence-electron chi connectivity index (χ1n) is 4.45. The predicted octanol–water partition coefficient (Wildman–Crippen LogP) is 2.11. The maximum absolute atomic E-state index is 11.2. The third-order valence-corrected chi connectivity index (χ3v) is 1.95. The van der Waals surface area contributed by atoms with Crippen molar-refractivity contribution in [3.05, 3.63) is 12.2 Å². The van der Waals surface area contributed by atoms with E-state index in [1.54, 1.807) is 6.92 Å². The van der Waals surface area contributed by atoms with E-state index in [1.807, 2.05) is 0 Å². The Balaban J connectivity index is 4.03. The Morgan fingerprint density at radius 2 is 2.00 bits per heavy atom. The molecule has 0 spiro atoms. The molecule has 0 aromatic heterocycles. The van der Waals surface area contributed by atoms with E-state index in [0.29, 0.717) is 11.5 Å². The van der Waals surface area contributed by atoms with Gasteiger partial charge in [-0.1, -0.05) is 27.4 Å². The van der Waals surface area contributed by atoms with Crippen LogP contribution in [0.25, 0.3) is 0 Å². The zero-order valence-electron chi connectivity index (χ0n) is 8.48. The van der Waals surface area contributed by atoms with E-state index >= 15 is 0 Å². The van der Waals surface area contributed by atoms with Crippen molar-refractivity contribution < 1.29 is 4.79 Å². The van der Waals surface area contributed by atoms with Gasteiger partial charge in [-0.2, -0.15) is 0 Å². The molecule has 1 atom stereocenters. The second-order valence-electron chi connectivity index (χ2n) is 3.51. The molecule has 0 fully saturated rings. The summed E-state index contributed by atoms with van der Waals surface area (Å²) in [6.07, 6.45) is 0.969. The summed E-state index contributed by atoms with van der Waals surface area (Å²) >= 11 is 0. The minimum absolute atomic E-state index is 0.0319. The fraction of sp³-hybridized carbons (Fsp3) is 0.700. The summed E-state index contributed by atoms with van der Waals surface area (Å²) in [5.74, 6) is 0.453. The number of amides is 1. The Labute approximate surface area is 75.0 Å². The molecule has 0 rings (SSSR count). The molecule has 2 heteroatoms. The molecule has 0 aliphatic carbocycles. The molecule has 0 aromatic rings. The van der Waals surface area contributed by atoms with Crippen LogP contribution in [-0.4, -0.2) is 11.9 Å². The number of carbonyl (C=O) groups excluding carboxylic acids is 1. The smallest absolute Gasteiger partial charge is 0.246 e. The quantitative estimate of drug-likeness (QED) is 0.642. The molecule has 0 bridgehead atoms. The SMILES string of the molecule is C=C(C)C(=O)NC(CC)C(C)C. The maximum Gasteiger partial charge on any atom is 0.246 e. The maximum atomic E-state index is 11.2. The highest BCUT2D eigenvalue weighted by molar-refractivity contribution is 5.92. The van der Waals surface area contributed by atoms with E-state index in [4.69, 9.17) is 0 Å². The molecular weight excluding hydrogens is 150 g/mol. The van der Waals surface area contributed by atoms with Crippen LogP contribution in [-0.2, 0) is 4.79 Å². The van der Waals surface area contributed by atoms with Crippen molar-refractivity contribution in [1.29, 1.82) is 0 Å². The van der Waals surface area contributed by atoms with Gasteiger partial charge in [-0.3, -0.25) is 4.79 Å². The molecule has 0 aliphatic rings. The molecule has 2 nitrogen and oxygen atoms in total. The highest BCUT2D eigenvalue weighted by atomic mass is 16.1. The highest BCUT2D eigenvalue weighted by Crippen LogP contribution is 2.05. The van der Waals surface area contributed by atoms with Crippen molar-refractivity contribution in [3.63, 3.8) is 0 Å². The molecule has 0 saturated carbocycles. The van der Waals surface area contributed by atoms with Crippen LogP contribution < -0.4 is 5.32 Å². The van der Waals surface area contributed by atoms with E-state index in [-0.39, 0.29) is 11.9 Å². The topological polar surface area (TPSA) is 29.1 Å². The van der Waals surface area contributed by atoms with Crippen LogP contribution in [0.4, 0.5) is 0 Å². The van der Waals surface area contributed by atoms with Crippen LogP contribution in [0.5, 0.6) is 0 Å². The first-order valence-corrected chi connectivity index (χ1v) is 4.45. The number of carbonyl (C=O) groups is 1. The fourth-order valence-electron chi connectivity index (χ4n) is 1.03. The Bertz CT molecular complexity index is 173. The average molecular weight is 169 g/mol. The minimum Gasteiger partial charge on any atom is -0.349 e. The molecule has 1 amide bonds. The molecule has 0 aromatic carbocycles. The van der Waals surface area contributed by atoms with E-state index in [1.165, 1.54) is 0 Å². The second kappa shape index (κ2) is 4.96. The van der Waals surface area contributed by atoms with Gasteiger partial charge in [0.2, 0.25) is 5.91 Å². The number of hydrogen-bond acceptors (Lipinski definition) is 1. The lowest BCUT2D eigenvalue weighted by molar-refractivity contribution is -0.118. The number of nitrogens with one attached hydrogen (secondary N) is 1. The van der Waals surface area contributed by atoms with E-state index in [0.717, 1.165) is 6.42 Å². The summed E-state index contributed by atoms with van der Waals surface area (Å²) in [7, 11) is 0. The summed E-state index contributed by atoms with van der Waals surface area (Å²) in [4.78, 5) is 11.2. The second-order valence-corrected chi connectivity index (χ2v) is 3.51. The van der Waals surface area contributed by atoms with Gasteiger partial charge >= 0.3 is 0 Å². The van der Waals surface area contributed by atoms with Crippen LogP contribution in [0, 0.1) is 5.92 Å². The molecule has 0 aliphatic heterocycles. The van der Waals surface area contributed by atoms with Crippen molar-refractivity contribution >= 4 is 5.91 Å². The number of hydrogen-bond donors (Lipinski definition) is 1. The van der Waals surface area contributed by atoms with Gasteiger partial charge in [0.15, 0.2) is 0 Å². The normalized spacial score (nSPS) is 12.8. The zero-order chi connectivity index (χ0) is 9.72. The predicted molar refractivity (Wildman–Crippen MR) is 51.9 cm³/mol. The van der Waals surface area contributed by atoms with E-state index in [9.17, 15) is 4.79 Å². The van der Waals surface area contributed by atoms with Crippen molar-refractivity contribution in [2.75, 3.05) is 0 Å². The van der Waals surface area contributed by atoms with Crippen molar-refractivity contribution in [2.24, 2.45) is 5.92 Å². The Morgan fingerprint density at radius 3 is 2.25 bits per heavy atom. The summed E-state index contributed by atoms with van der Waals surface area (Å²) in [6.45, 7) is 11.6. The summed E-state index contributed by atoms with van der Waals surface area (Å²) in [6, 6.07) is 0.272. The van der Waals surface area contributed by atoms with Gasteiger partial charge in [0.05, 0.1) is 0 Å². The van der Waals surface area contributed by atoms with Crippen LogP contribution in [0.2, 0.25) is 0 Å². The molecule has 12 heavy (non-hydrogen) atoms. The molecule has 0 saturated heterocycles. The third-order valence-electron chi connectivity index (χ3n) is 1.95. The molecule has 1 unspecified atom stereocenters. The van der Waals surface area contributed by atoms with E-state index < -0.39 is 0 Å². The third kappa shape index (κ3) is 3.56. The first kappa shape index (κ1) is 11.2.